The Morgan fingerprint density at radius 1 is 1.19 bits per heavy atom. The highest BCUT2D eigenvalue weighted by molar-refractivity contribution is 5.63. The normalized spacial score (nSPS) is 17.0. The number of rotatable bonds is 3. The molecule has 8 heteroatoms. The third-order valence-corrected chi connectivity index (χ3v) is 4.65. The summed E-state index contributed by atoms with van der Waals surface area (Å²) in [6.45, 7) is 0.540. The lowest BCUT2D eigenvalue weighted by molar-refractivity contribution is -0.385. The van der Waals surface area contributed by atoms with Crippen molar-refractivity contribution in [2.24, 2.45) is 0 Å². The van der Waals surface area contributed by atoms with E-state index in [0.29, 0.717) is 12.2 Å². The summed E-state index contributed by atoms with van der Waals surface area (Å²) in [4.78, 5) is 29.8. The average molecular weight is 354 g/mol. The number of hydrogen-bond donors (Lipinski definition) is 0. The van der Waals surface area contributed by atoms with Crippen molar-refractivity contribution in [3.63, 3.8) is 0 Å². The van der Waals surface area contributed by atoms with Crippen LogP contribution in [-0.4, -0.2) is 20.9 Å². The minimum atomic E-state index is -0.708. The van der Waals surface area contributed by atoms with E-state index in [0.717, 1.165) is 18.4 Å². The van der Waals surface area contributed by atoms with Crippen molar-refractivity contribution in [2.45, 2.75) is 18.9 Å². The van der Waals surface area contributed by atoms with E-state index in [1.165, 1.54) is 22.7 Å². The number of nitro groups is 1. The molecule has 132 valence electrons. The number of halogens is 1. The second kappa shape index (κ2) is 6.21. The first kappa shape index (κ1) is 16.2. The zero-order chi connectivity index (χ0) is 18.3. The Hall–Kier alpha value is -3.29. The predicted molar refractivity (Wildman–Crippen MR) is 93.8 cm³/mol. The van der Waals surface area contributed by atoms with E-state index in [4.69, 9.17) is 0 Å². The van der Waals surface area contributed by atoms with Gasteiger partial charge in [-0.1, -0.05) is 18.2 Å². The fourth-order valence-electron chi connectivity index (χ4n) is 3.48. The van der Waals surface area contributed by atoms with Gasteiger partial charge in [-0.15, -0.1) is 0 Å². The van der Waals surface area contributed by atoms with Crippen LogP contribution in [0.15, 0.2) is 53.5 Å². The molecule has 1 saturated heterocycles. The van der Waals surface area contributed by atoms with E-state index < -0.39 is 16.2 Å². The monoisotopic (exact) mass is 354 g/mol. The van der Waals surface area contributed by atoms with Gasteiger partial charge >= 0.3 is 11.2 Å². The molecule has 1 aliphatic heterocycles. The van der Waals surface area contributed by atoms with Gasteiger partial charge in [0.15, 0.2) is 0 Å². The van der Waals surface area contributed by atoms with E-state index in [1.807, 2.05) is 0 Å². The number of fused-ring (bicyclic) bond motifs is 1. The summed E-state index contributed by atoms with van der Waals surface area (Å²) in [6, 6.07) is 10.8. The van der Waals surface area contributed by atoms with E-state index >= 15 is 0 Å². The molecule has 2 aromatic heterocycles. The molecule has 0 N–H and O–H groups in total. The maximum Gasteiger partial charge on any atom is 0.376 e. The van der Waals surface area contributed by atoms with Gasteiger partial charge in [-0.3, -0.25) is 19.3 Å². The molecule has 0 spiro atoms. The number of anilines is 1. The van der Waals surface area contributed by atoms with Crippen molar-refractivity contribution in [3.8, 4) is 0 Å². The summed E-state index contributed by atoms with van der Waals surface area (Å²) in [5.41, 5.74) is -0.0563. The molecule has 0 saturated carbocycles. The van der Waals surface area contributed by atoms with Gasteiger partial charge in [-0.25, -0.2) is 9.37 Å². The van der Waals surface area contributed by atoms with E-state index in [2.05, 4.69) is 4.98 Å². The van der Waals surface area contributed by atoms with Crippen molar-refractivity contribution >= 4 is 17.2 Å². The van der Waals surface area contributed by atoms with Crippen LogP contribution in [0.3, 0.4) is 0 Å². The molecule has 1 aromatic carbocycles. The number of pyridine rings is 1. The molecule has 1 fully saturated rings. The SMILES string of the molecule is O=c1c([N+](=O)[O-])c(N2CCC[C@@H]2c2ccc(F)cc2)nc2ccccn12. The van der Waals surface area contributed by atoms with Gasteiger partial charge in [0.1, 0.15) is 11.5 Å². The third kappa shape index (κ3) is 2.59. The zero-order valence-corrected chi connectivity index (χ0v) is 13.7. The number of hydrogen-bond acceptors (Lipinski definition) is 5. The molecule has 7 nitrogen and oxygen atoms in total. The fraction of sp³-hybridized carbons (Fsp3) is 0.222. The fourth-order valence-corrected chi connectivity index (χ4v) is 3.48. The van der Waals surface area contributed by atoms with Crippen molar-refractivity contribution in [3.05, 3.63) is 80.5 Å². The molecule has 1 aliphatic rings. The summed E-state index contributed by atoms with van der Waals surface area (Å²) < 4.78 is 14.4. The highest BCUT2D eigenvalue weighted by Crippen LogP contribution is 2.38. The first-order valence-electron chi connectivity index (χ1n) is 8.24. The summed E-state index contributed by atoms with van der Waals surface area (Å²) >= 11 is 0. The molecule has 26 heavy (non-hydrogen) atoms. The van der Waals surface area contributed by atoms with Crippen LogP contribution in [0.25, 0.3) is 5.65 Å². The summed E-state index contributed by atoms with van der Waals surface area (Å²) in [7, 11) is 0. The standard InChI is InChI=1S/C18H15FN4O3/c19-13-8-6-12(7-9-13)14-4-3-11-21(14)17-16(23(25)26)18(24)22-10-2-1-5-15(22)20-17/h1-2,5-10,14H,3-4,11H2/t14-/m1/s1. The maximum absolute atomic E-state index is 13.2. The third-order valence-electron chi connectivity index (χ3n) is 4.65. The number of nitrogens with zero attached hydrogens (tertiary/aromatic N) is 4. The molecule has 0 aliphatic carbocycles. The quantitative estimate of drug-likeness (QED) is 0.533. The average Bonchev–Trinajstić information content (AvgIpc) is 3.11. The zero-order valence-electron chi connectivity index (χ0n) is 13.7. The molecule has 0 bridgehead atoms. The van der Waals surface area contributed by atoms with Crippen molar-refractivity contribution in [2.75, 3.05) is 11.4 Å². The Labute approximate surface area is 147 Å². The van der Waals surface area contributed by atoms with Crippen LogP contribution >= 0.6 is 0 Å². The largest absolute Gasteiger partial charge is 0.376 e. The van der Waals surface area contributed by atoms with Crippen LogP contribution < -0.4 is 10.5 Å². The van der Waals surface area contributed by atoms with E-state index in [-0.39, 0.29) is 17.7 Å². The molecule has 1 atom stereocenters. The van der Waals surface area contributed by atoms with Crippen LogP contribution in [0.2, 0.25) is 0 Å². The van der Waals surface area contributed by atoms with Crippen LogP contribution in [0.5, 0.6) is 0 Å². The lowest BCUT2D eigenvalue weighted by Gasteiger charge is -2.25. The smallest absolute Gasteiger partial charge is 0.344 e. The van der Waals surface area contributed by atoms with E-state index in [9.17, 15) is 19.3 Å². The van der Waals surface area contributed by atoms with E-state index in [1.54, 1.807) is 35.2 Å². The molecule has 3 aromatic rings. The first-order chi connectivity index (χ1) is 12.6. The minimum absolute atomic E-state index is 0.0676. The highest BCUT2D eigenvalue weighted by Gasteiger charge is 2.34. The van der Waals surface area contributed by atoms with Crippen molar-refractivity contribution in [1.82, 2.24) is 9.38 Å². The van der Waals surface area contributed by atoms with Crippen LogP contribution in [0.1, 0.15) is 24.4 Å². The Morgan fingerprint density at radius 2 is 1.96 bits per heavy atom. The van der Waals surface area contributed by atoms with Gasteiger partial charge in [-0.05, 0) is 42.7 Å². The first-order valence-corrected chi connectivity index (χ1v) is 8.24. The molecular weight excluding hydrogens is 339 g/mol. The Bertz CT molecular complexity index is 1050. The van der Waals surface area contributed by atoms with Crippen molar-refractivity contribution < 1.29 is 9.31 Å². The molecule has 0 unspecified atom stereocenters. The minimum Gasteiger partial charge on any atom is -0.344 e. The highest BCUT2D eigenvalue weighted by atomic mass is 19.1. The Kier molecular flexibility index (Phi) is 3.87. The lowest BCUT2D eigenvalue weighted by Crippen LogP contribution is -2.29. The second-order valence-electron chi connectivity index (χ2n) is 6.18. The number of benzene rings is 1. The molecule has 3 heterocycles. The maximum atomic E-state index is 13.2. The predicted octanol–water partition coefficient (Wildman–Crippen LogP) is 3.08. The Morgan fingerprint density at radius 3 is 2.69 bits per heavy atom. The van der Waals surface area contributed by atoms with Gasteiger partial charge < -0.3 is 4.90 Å². The molecule has 0 radical (unpaired) electrons. The molecular formula is C18H15FN4O3. The van der Waals surface area contributed by atoms with Gasteiger partial charge in [-0.2, -0.15) is 0 Å². The van der Waals surface area contributed by atoms with Gasteiger partial charge in [0, 0.05) is 12.7 Å². The second-order valence-corrected chi connectivity index (χ2v) is 6.18. The van der Waals surface area contributed by atoms with Gasteiger partial charge in [0.05, 0.1) is 11.0 Å². The summed E-state index contributed by atoms with van der Waals surface area (Å²) in [5, 5.41) is 11.6. The van der Waals surface area contributed by atoms with Crippen LogP contribution in [0.4, 0.5) is 15.9 Å². The molecule has 0 amide bonds. The molecule has 4 rings (SSSR count). The van der Waals surface area contributed by atoms with Crippen molar-refractivity contribution in [1.29, 1.82) is 0 Å². The van der Waals surface area contributed by atoms with Gasteiger partial charge in [0.25, 0.3) is 0 Å². The van der Waals surface area contributed by atoms with Gasteiger partial charge in [0.2, 0.25) is 5.82 Å². The number of aromatic nitrogens is 2. The van der Waals surface area contributed by atoms with Crippen LogP contribution in [-0.2, 0) is 0 Å². The summed E-state index contributed by atoms with van der Waals surface area (Å²) in [6.07, 6.45) is 3.01. The Balaban J connectivity index is 1.89. The van der Waals surface area contributed by atoms with Crippen LogP contribution in [0, 0.1) is 15.9 Å². The summed E-state index contributed by atoms with van der Waals surface area (Å²) in [5.74, 6) is -0.274. The topological polar surface area (TPSA) is 80.8 Å². The lowest BCUT2D eigenvalue weighted by atomic mass is 10.0.